The Hall–Kier alpha value is -1.77. The third kappa shape index (κ3) is 65.3. The van der Waals surface area contributed by atoms with E-state index in [9.17, 15) is 45.0 Å². The third-order valence-corrected chi connectivity index (χ3v) is 26.3. The molecular weight excluding hydrogens is 1390 g/mol. The van der Waals surface area contributed by atoms with Crippen LogP contribution in [-0.4, -0.2) is 165 Å². The quantitative estimate of drug-likeness (QED) is 0.0157. The van der Waals surface area contributed by atoms with Crippen LogP contribution in [0, 0.1) is 0 Å². The van der Waals surface area contributed by atoms with E-state index in [0.717, 1.165) is 77.2 Å². The molecule has 0 aliphatic rings. The molecule has 0 radical (unpaired) electrons. The summed E-state index contributed by atoms with van der Waals surface area (Å²) >= 11 is 0. The highest BCUT2D eigenvalue weighted by atomic mass is 28.4. The van der Waals surface area contributed by atoms with Crippen LogP contribution in [-0.2, 0) is 27.7 Å². The highest BCUT2D eigenvalue weighted by Gasteiger charge is 2.49. The van der Waals surface area contributed by atoms with Gasteiger partial charge >= 0.3 is 8.80 Å². The molecule has 0 saturated carbocycles. The first kappa shape index (κ1) is 108. The maximum absolute atomic E-state index is 13.9. The summed E-state index contributed by atoms with van der Waals surface area (Å²) in [7, 11) is 0.0221. The number of carbonyl (C=O) groups is 3. The summed E-state index contributed by atoms with van der Waals surface area (Å²) in [4.78, 5) is 41.7. The number of hydrogen-bond donors (Lipinski definition) is 9. The minimum absolute atomic E-state index is 0.119. The van der Waals surface area contributed by atoms with Gasteiger partial charge < -0.3 is 64.4 Å². The molecule has 656 valence electrons. The maximum atomic E-state index is 13.9. The van der Waals surface area contributed by atoms with E-state index in [-0.39, 0.29) is 43.0 Å². The van der Waals surface area contributed by atoms with Crippen molar-refractivity contribution in [2.75, 3.05) is 86.6 Å². The Labute approximate surface area is 681 Å². The molecule has 0 bridgehead atoms. The van der Waals surface area contributed by atoms with Crippen molar-refractivity contribution >= 4 is 26.5 Å². The molecule has 0 aromatic rings. The zero-order valence-corrected chi connectivity index (χ0v) is 74.9. The number of aliphatic hydroxyl groups is 6. The van der Waals surface area contributed by atoms with E-state index in [1.165, 1.54) is 327 Å². The van der Waals surface area contributed by atoms with Gasteiger partial charge in [0.2, 0.25) is 17.7 Å². The van der Waals surface area contributed by atoms with Crippen LogP contribution in [0.25, 0.3) is 0 Å². The van der Waals surface area contributed by atoms with Crippen molar-refractivity contribution < 1.29 is 62.8 Å². The molecule has 0 aromatic heterocycles. The molecule has 0 rings (SSSR count). The van der Waals surface area contributed by atoms with Gasteiger partial charge in [-0.15, -0.1) is 0 Å². The highest BCUT2D eigenvalue weighted by molar-refractivity contribution is 6.60. The van der Waals surface area contributed by atoms with Gasteiger partial charge in [0, 0.05) is 31.7 Å². The fourth-order valence-corrected chi connectivity index (χ4v) is 18.3. The van der Waals surface area contributed by atoms with E-state index < -0.39 is 84.9 Å². The number of nitrogens with zero attached hydrogens (tertiary/aromatic N) is 1. The van der Waals surface area contributed by atoms with E-state index in [0.29, 0.717) is 36.7 Å². The minimum atomic E-state index is -4.38. The van der Waals surface area contributed by atoms with E-state index >= 15 is 0 Å². The average Bonchev–Trinajstić information content (AvgIpc) is 0.828. The smallest absolute Gasteiger partial charge is 0.394 e. The monoisotopic (exact) mass is 1580 g/mol. The molecule has 0 aliphatic carbocycles. The van der Waals surface area contributed by atoms with Gasteiger partial charge in [-0.05, 0) is 32.1 Å². The largest absolute Gasteiger partial charge is 0.501 e. The topological polar surface area (TPSA) is 236 Å². The third-order valence-electron chi connectivity index (χ3n) is 23.6. The Kier molecular flexibility index (Phi) is 77.1. The zero-order valence-electron chi connectivity index (χ0n) is 73.9. The SMILES string of the molecule is CCCCCCCCCCCCCCCCCCCCCC[N+](C)(C)CCC[Si](OCC(CO)(CO)NC(=O)CCCCCCCCCCCCCCCCC)(OCC(CO)(CO)NC(=O)CCCCCCCCCCCCCCCCC)OCC(CO)(CO)NC(=O)CCCCCCCCCCCCCCCCC. The number of carbonyl (C=O) groups excluding carboxylic acids is 3. The molecule has 0 unspecified atom stereocenters. The second-order valence-electron chi connectivity index (χ2n) is 35.3. The van der Waals surface area contributed by atoms with Crippen molar-refractivity contribution in [3.63, 3.8) is 0 Å². The first-order valence-corrected chi connectivity index (χ1v) is 49.9. The van der Waals surface area contributed by atoms with Gasteiger partial charge in [-0.3, -0.25) is 14.4 Å². The van der Waals surface area contributed by atoms with Crippen molar-refractivity contribution in [1.29, 1.82) is 0 Å². The highest BCUT2D eigenvalue weighted by Crippen LogP contribution is 2.28. The fraction of sp³-hybridized carbons (Fsp3) is 0.968. The molecule has 0 aromatic carbocycles. The van der Waals surface area contributed by atoms with Gasteiger partial charge in [0.1, 0.15) is 16.6 Å². The summed E-state index contributed by atoms with van der Waals surface area (Å²) in [5.41, 5.74) is -5.09. The van der Waals surface area contributed by atoms with E-state index in [1.54, 1.807) is 0 Å². The molecule has 0 aliphatic heterocycles. The lowest BCUT2D eigenvalue weighted by atomic mass is 10.0. The predicted octanol–water partition coefficient (Wildman–Crippen LogP) is 22.6. The van der Waals surface area contributed by atoms with Gasteiger partial charge in [-0.2, -0.15) is 0 Å². The van der Waals surface area contributed by atoms with E-state index in [2.05, 4.69) is 57.7 Å². The standard InChI is InChI=1S/C93H188N4O12Si/c1-7-11-15-19-23-27-31-35-39-40-41-42-43-47-51-55-59-63-67-71-76-97(5,6)77-72-78-110(107-85-91(79-98,80-99)94-88(104)73-68-64-60-56-52-48-44-36-32-28-24-20-16-12-8-2,108-86-92(81-100,82-101)95-89(105)74-69-65-61-57-53-49-45-37-33-29-25-21-17-13-9-3)109-87-93(83-102,84-103)96-90(106)75-70-66-62-58-54-50-46-38-34-30-26-22-18-14-10-4/h98-103H,7-87H2,1-6H3,(H2-,94,95,96,104,105,106)/p+1. The molecule has 110 heavy (non-hydrogen) atoms. The molecule has 17 heteroatoms. The van der Waals surface area contributed by atoms with Crippen LogP contribution >= 0.6 is 0 Å². The zero-order chi connectivity index (χ0) is 80.8. The molecule has 9 N–H and O–H groups in total. The predicted molar refractivity (Wildman–Crippen MR) is 467 cm³/mol. The molecule has 0 atom stereocenters. The van der Waals surface area contributed by atoms with Gasteiger partial charge in [0.15, 0.2) is 0 Å². The lowest BCUT2D eigenvalue weighted by Gasteiger charge is -2.41. The Morgan fingerprint density at radius 2 is 0.400 bits per heavy atom. The van der Waals surface area contributed by atoms with Gasteiger partial charge in [0.25, 0.3) is 0 Å². The molecule has 0 saturated heterocycles. The normalized spacial score (nSPS) is 12.4. The summed E-state index contributed by atoms with van der Waals surface area (Å²) in [6.45, 7) is 5.08. The summed E-state index contributed by atoms with van der Waals surface area (Å²) in [6.07, 6.45) is 81.3. The number of nitrogens with one attached hydrogen (secondary N) is 3. The van der Waals surface area contributed by atoms with Crippen LogP contribution < -0.4 is 16.0 Å². The van der Waals surface area contributed by atoms with Crippen LogP contribution in [0.1, 0.15) is 471 Å². The van der Waals surface area contributed by atoms with Crippen molar-refractivity contribution in [3.05, 3.63) is 0 Å². The van der Waals surface area contributed by atoms with Crippen LogP contribution in [0.3, 0.4) is 0 Å². The van der Waals surface area contributed by atoms with Crippen LogP contribution in [0.4, 0.5) is 0 Å². The summed E-state index contributed by atoms with van der Waals surface area (Å²) in [5.74, 6) is -1.05. The molecule has 0 heterocycles. The van der Waals surface area contributed by atoms with Crippen molar-refractivity contribution in [1.82, 2.24) is 16.0 Å². The minimum Gasteiger partial charge on any atom is -0.394 e. The Morgan fingerprint density at radius 3 is 0.573 bits per heavy atom. The molecule has 16 nitrogen and oxygen atoms in total. The fourth-order valence-electron chi connectivity index (χ4n) is 15.5. The van der Waals surface area contributed by atoms with E-state index in [4.69, 9.17) is 13.3 Å². The molecular formula is C93H189N4O12Si+. The van der Waals surface area contributed by atoms with Crippen LogP contribution in [0.5, 0.6) is 0 Å². The first-order valence-electron chi connectivity index (χ1n) is 47.9. The van der Waals surface area contributed by atoms with Gasteiger partial charge in [-0.1, -0.05) is 413 Å². The Balaban J connectivity index is 6.51. The number of quaternary nitrogens is 1. The van der Waals surface area contributed by atoms with Crippen molar-refractivity contribution in [3.8, 4) is 0 Å². The van der Waals surface area contributed by atoms with Crippen LogP contribution in [0.2, 0.25) is 6.04 Å². The second kappa shape index (κ2) is 78.4. The van der Waals surface area contributed by atoms with Gasteiger partial charge in [-0.25, -0.2) is 0 Å². The molecule has 0 fully saturated rings. The number of amides is 3. The number of hydrogen-bond acceptors (Lipinski definition) is 12. The van der Waals surface area contributed by atoms with Crippen molar-refractivity contribution in [2.45, 2.75) is 493 Å². The Bertz CT molecular complexity index is 1800. The molecule has 3 amide bonds. The lowest BCUT2D eigenvalue weighted by Crippen LogP contribution is -2.64. The average molecular weight is 1580 g/mol. The first-order chi connectivity index (χ1) is 53.6. The van der Waals surface area contributed by atoms with Gasteiger partial charge in [0.05, 0.1) is 86.6 Å². The maximum Gasteiger partial charge on any atom is 0.501 e. The lowest BCUT2D eigenvalue weighted by molar-refractivity contribution is -0.890. The van der Waals surface area contributed by atoms with Crippen LogP contribution in [0.15, 0.2) is 0 Å². The summed E-state index contributed by atoms with van der Waals surface area (Å²) < 4.78 is 21.5. The summed E-state index contributed by atoms with van der Waals surface area (Å²) in [6, 6.07) is 0.119. The Morgan fingerprint density at radius 1 is 0.245 bits per heavy atom. The second-order valence-corrected chi connectivity index (χ2v) is 38.0. The molecule has 0 spiro atoms. The number of aliphatic hydroxyl groups excluding tert-OH is 6. The van der Waals surface area contributed by atoms with E-state index in [1.807, 2.05) is 0 Å². The summed E-state index contributed by atoms with van der Waals surface area (Å²) in [5, 5.41) is 75.9. The number of unbranched alkanes of at least 4 members (excludes halogenated alkanes) is 61. The number of rotatable bonds is 91. The van der Waals surface area contributed by atoms with Crippen molar-refractivity contribution in [2.24, 2.45) is 0 Å².